The summed E-state index contributed by atoms with van der Waals surface area (Å²) in [6.07, 6.45) is 5.73. The number of benzene rings is 1. The van der Waals surface area contributed by atoms with Crippen LogP contribution in [0.4, 0.5) is 0 Å². The van der Waals surface area contributed by atoms with E-state index in [1.54, 1.807) is 6.20 Å². The molecule has 3 heteroatoms. The second kappa shape index (κ2) is 4.92. The Hall–Kier alpha value is -2.03. The van der Waals surface area contributed by atoms with E-state index in [0.29, 0.717) is 6.04 Å². The van der Waals surface area contributed by atoms with Crippen molar-refractivity contribution >= 4 is 5.91 Å². The second-order valence-corrected chi connectivity index (χ2v) is 5.18. The fourth-order valence-corrected chi connectivity index (χ4v) is 2.63. The summed E-state index contributed by atoms with van der Waals surface area (Å²) < 4.78 is 0. The zero-order valence-corrected chi connectivity index (χ0v) is 11.1. The lowest BCUT2D eigenvalue weighted by Crippen LogP contribution is -2.52. The number of hydrogen-bond acceptors (Lipinski definition) is 1. The van der Waals surface area contributed by atoms with E-state index in [1.165, 1.54) is 5.56 Å². The van der Waals surface area contributed by atoms with E-state index in [1.807, 2.05) is 24.1 Å². The molecule has 1 amide bonds. The number of likely N-dealkylation sites (tertiary alicyclic amines) is 1. The van der Waals surface area contributed by atoms with Gasteiger partial charge in [0.2, 0.25) is 0 Å². The number of carbonyl (C=O) groups is 1. The quantitative estimate of drug-likeness (QED) is 0.898. The fourth-order valence-electron chi connectivity index (χ4n) is 2.63. The lowest BCUT2D eigenvalue weighted by atomic mass is 9.94. The maximum atomic E-state index is 12.4. The molecular formula is C16H18N2O. The summed E-state index contributed by atoms with van der Waals surface area (Å²) in [4.78, 5) is 17.4. The fraction of sp³-hybridized carbons (Fsp3) is 0.312. The molecule has 1 atom stereocenters. The number of aromatic nitrogens is 1. The summed E-state index contributed by atoms with van der Waals surface area (Å²) in [6, 6.07) is 10.7. The predicted molar refractivity (Wildman–Crippen MR) is 75.1 cm³/mol. The third kappa shape index (κ3) is 2.28. The van der Waals surface area contributed by atoms with E-state index >= 15 is 0 Å². The molecule has 1 saturated heterocycles. The van der Waals surface area contributed by atoms with Gasteiger partial charge < -0.3 is 9.88 Å². The van der Waals surface area contributed by atoms with Crippen LogP contribution in [0.5, 0.6) is 0 Å². The Morgan fingerprint density at radius 2 is 2.11 bits per heavy atom. The largest absolute Gasteiger partial charge is 0.367 e. The van der Waals surface area contributed by atoms with Crippen LogP contribution < -0.4 is 0 Å². The lowest BCUT2D eigenvalue weighted by molar-refractivity contribution is 0.0464. The van der Waals surface area contributed by atoms with Gasteiger partial charge in [-0.2, -0.15) is 0 Å². The van der Waals surface area contributed by atoms with Crippen molar-refractivity contribution in [3.05, 3.63) is 59.4 Å². The first-order valence-corrected chi connectivity index (χ1v) is 6.74. The molecule has 19 heavy (non-hydrogen) atoms. The molecule has 3 rings (SSSR count). The molecule has 0 spiro atoms. The number of carbonyl (C=O) groups excluding carboxylic acids is 1. The molecular weight excluding hydrogens is 236 g/mol. The highest BCUT2D eigenvalue weighted by Crippen LogP contribution is 2.24. The number of nitrogens with one attached hydrogen (secondary N) is 1. The highest BCUT2D eigenvalue weighted by atomic mass is 16.2. The van der Waals surface area contributed by atoms with Crippen LogP contribution in [0.3, 0.4) is 0 Å². The van der Waals surface area contributed by atoms with E-state index in [2.05, 4.69) is 29.2 Å². The maximum absolute atomic E-state index is 12.4. The summed E-state index contributed by atoms with van der Waals surface area (Å²) in [5, 5.41) is 0. The molecule has 2 heterocycles. The summed E-state index contributed by atoms with van der Waals surface area (Å²) in [6.45, 7) is 2.84. The van der Waals surface area contributed by atoms with Gasteiger partial charge in [0.05, 0.1) is 5.56 Å². The third-order valence-electron chi connectivity index (χ3n) is 3.90. The Kier molecular flexibility index (Phi) is 3.11. The van der Waals surface area contributed by atoms with E-state index in [4.69, 9.17) is 0 Å². The highest BCUT2D eigenvalue weighted by molar-refractivity contribution is 5.96. The molecule has 98 valence electrons. The molecule has 3 nitrogen and oxygen atoms in total. The molecule has 0 radical (unpaired) electrons. The van der Waals surface area contributed by atoms with Crippen molar-refractivity contribution in [3.8, 4) is 0 Å². The van der Waals surface area contributed by atoms with E-state index in [-0.39, 0.29) is 5.91 Å². The minimum absolute atomic E-state index is 0.158. The Morgan fingerprint density at radius 1 is 1.32 bits per heavy atom. The van der Waals surface area contributed by atoms with Crippen LogP contribution in [0.2, 0.25) is 0 Å². The van der Waals surface area contributed by atoms with Crippen molar-refractivity contribution in [2.45, 2.75) is 25.8 Å². The summed E-state index contributed by atoms with van der Waals surface area (Å²) in [7, 11) is 0. The van der Waals surface area contributed by atoms with Crippen molar-refractivity contribution in [2.75, 3.05) is 6.54 Å². The average Bonchev–Trinajstić information content (AvgIpc) is 2.82. The van der Waals surface area contributed by atoms with Crippen LogP contribution in [0.15, 0.2) is 42.7 Å². The zero-order chi connectivity index (χ0) is 13.2. The van der Waals surface area contributed by atoms with Gasteiger partial charge in [-0.15, -0.1) is 0 Å². The summed E-state index contributed by atoms with van der Waals surface area (Å²) in [5.74, 6) is 0.158. The van der Waals surface area contributed by atoms with Gasteiger partial charge >= 0.3 is 0 Å². The van der Waals surface area contributed by atoms with Crippen LogP contribution in [-0.4, -0.2) is 28.4 Å². The topological polar surface area (TPSA) is 36.1 Å². The van der Waals surface area contributed by atoms with Gasteiger partial charge in [-0.1, -0.05) is 30.3 Å². The van der Waals surface area contributed by atoms with Gasteiger partial charge in [0.25, 0.3) is 5.91 Å². The van der Waals surface area contributed by atoms with Crippen molar-refractivity contribution in [1.82, 2.24) is 9.88 Å². The zero-order valence-electron chi connectivity index (χ0n) is 11.1. The van der Waals surface area contributed by atoms with Gasteiger partial charge in [-0.25, -0.2) is 0 Å². The molecule has 1 N–H and O–H groups in total. The normalized spacial score (nSPS) is 18.2. The number of rotatable bonds is 3. The predicted octanol–water partition coefficient (Wildman–Crippen LogP) is 2.78. The van der Waals surface area contributed by atoms with Gasteiger partial charge in [0, 0.05) is 25.0 Å². The molecule has 0 saturated carbocycles. The van der Waals surface area contributed by atoms with Crippen LogP contribution in [0, 0.1) is 6.92 Å². The molecule has 1 fully saturated rings. The van der Waals surface area contributed by atoms with Crippen molar-refractivity contribution < 1.29 is 4.79 Å². The van der Waals surface area contributed by atoms with Gasteiger partial charge in [0.15, 0.2) is 0 Å². The van der Waals surface area contributed by atoms with Crippen LogP contribution >= 0.6 is 0 Å². The first-order chi connectivity index (χ1) is 9.25. The smallest absolute Gasteiger partial charge is 0.255 e. The van der Waals surface area contributed by atoms with Gasteiger partial charge in [-0.05, 0) is 30.9 Å². The maximum Gasteiger partial charge on any atom is 0.255 e. The Bertz CT molecular complexity index is 573. The molecule has 2 aromatic rings. The minimum Gasteiger partial charge on any atom is -0.367 e. The highest BCUT2D eigenvalue weighted by Gasteiger charge is 2.33. The standard InChI is InChI=1S/C16H18N2O/c1-12-10-17-11-15(12)16(19)18-8-7-14(18)9-13-5-3-2-4-6-13/h2-6,10-11,14,17H,7-9H2,1H3. The number of nitrogens with zero attached hydrogens (tertiary/aromatic N) is 1. The number of aromatic amines is 1. The second-order valence-electron chi connectivity index (χ2n) is 5.18. The summed E-state index contributed by atoms with van der Waals surface area (Å²) >= 11 is 0. The molecule has 0 aliphatic carbocycles. The third-order valence-corrected chi connectivity index (χ3v) is 3.90. The van der Waals surface area contributed by atoms with Gasteiger partial charge in [0.1, 0.15) is 0 Å². The van der Waals surface area contributed by atoms with Crippen LogP contribution in [-0.2, 0) is 6.42 Å². The number of amides is 1. The monoisotopic (exact) mass is 254 g/mol. The van der Waals surface area contributed by atoms with Gasteiger partial charge in [-0.3, -0.25) is 4.79 Å². The number of H-pyrrole nitrogens is 1. The molecule has 1 unspecified atom stereocenters. The molecule has 1 aromatic carbocycles. The van der Waals surface area contributed by atoms with E-state index < -0.39 is 0 Å². The molecule has 1 aliphatic heterocycles. The molecule has 1 aliphatic rings. The molecule has 1 aromatic heterocycles. The first-order valence-electron chi connectivity index (χ1n) is 6.74. The van der Waals surface area contributed by atoms with Crippen molar-refractivity contribution in [1.29, 1.82) is 0 Å². The minimum atomic E-state index is 0.158. The Balaban J connectivity index is 1.70. The van der Waals surface area contributed by atoms with Crippen molar-refractivity contribution in [3.63, 3.8) is 0 Å². The first kappa shape index (κ1) is 12.0. The van der Waals surface area contributed by atoms with E-state index in [9.17, 15) is 4.79 Å². The number of hydrogen-bond donors (Lipinski definition) is 1. The van der Waals surface area contributed by atoms with Crippen molar-refractivity contribution in [2.24, 2.45) is 0 Å². The van der Waals surface area contributed by atoms with Crippen LogP contribution in [0.1, 0.15) is 27.9 Å². The SMILES string of the molecule is Cc1c[nH]cc1C(=O)N1CCC1Cc1ccccc1. The summed E-state index contributed by atoms with van der Waals surface area (Å²) in [5.41, 5.74) is 3.13. The Labute approximate surface area is 113 Å². The number of aryl methyl sites for hydroxylation is 1. The van der Waals surface area contributed by atoms with Crippen LogP contribution in [0.25, 0.3) is 0 Å². The Morgan fingerprint density at radius 3 is 2.68 bits per heavy atom. The molecule has 0 bridgehead atoms. The lowest BCUT2D eigenvalue weighted by Gasteiger charge is -2.41. The van der Waals surface area contributed by atoms with E-state index in [0.717, 1.165) is 30.5 Å². The average molecular weight is 254 g/mol.